The van der Waals surface area contributed by atoms with Crippen molar-refractivity contribution in [3.05, 3.63) is 54.0 Å². The van der Waals surface area contributed by atoms with Crippen LogP contribution in [0.1, 0.15) is 22.5 Å². The number of rotatable bonds is 3. The molecule has 1 aliphatic rings. The van der Waals surface area contributed by atoms with Gasteiger partial charge >= 0.3 is 0 Å². The van der Waals surface area contributed by atoms with E-state index in [0.717, 1.165) is 32.6 Å². The van der Waals surface area contributed by atoms with Crippen molar-refractivity contribution >= 4 is 11.6 Å². The molecule has 0 radical (unpaired) electrons. The molecule has 0 unspecified atom stereocenters. The summed E-state index contributed by atoms with van der Waals surface area (Å²) in [6.45, 7) is 3.61. The van der Waals surface area contributed by atoms with Gasteiger partial charge in [-0.1, -0.05) is 18.2 Å². The Morgan fingerprint density at radius 1 is 1.14 bits per heavy atom. The van der Waals surface area contributed by atoms with Crippen molar-refractivity contribution in [2.24, 2.45) is 5.73 Å². The normalized spacial score (nSPS) is 15.7. The number of nitrogens with two attached hydrogens (primary N) is 1. The summed E-state index contributed by atoms with van der Waals surface area (Å²) in [5.41, 5.74) is 7.33. The van der Waals surface area contributed by atoms with E-state index in [2.05, 4.69) is 17.0 Å². The van der Waals surface area contributed by atoms with Crippen LogP contribution in [0.5, 0.6) is 0 Å². The highest BCUT2D eigenvalue weighted by Crippen LogP contribution is 2.17. The van der Waals surface area contributed by atoms with Crippen molar-refractivity contribution in [1.82, 2.24) is 4.90 Å². The van der Waals surface area contributed by atoms with Gasteiger partial charge in [0.2, 0.25) is 0 Å². The zero-order valence-electron chi connectivity index (χ0n) is 12.6. The summed E-state index contributed by atoms with van der Waals surface area (Å²) < 4.78 is 5.26. The van der Waals surface area contributed by atoms with Crippen molar-refractivity contribution in [3.63, 3.8) is 0 Å². The first kappa shape index (κ1) is 14.7. The van der Waals surface area contributed by atoms with E-state index in [9.17, 15) is 4.79 Å². The Morgan fingerprint density at radius 2 is 1.95 bits per heavy atom. The van der Waals surface area contributed by atoms with Crippen molar-refractivity contribution < 1.29 is 9.21 Å². The summed E-state index contributed by atoms with van der Waals surface area (Å²) in [7, 11) is 0. The molecule has 5 heteroatoms. The number of nitrogens with zero attached hydrogens (tertiary/aromatic N) is 2. The molecule has 1 aromatic heterocycles. The fourth-order valence-electron chi connectivity index (χ4n) is 2.80. The molecule has 1 fully saturated rings. The van der Waals surface area contributed by atoms with E-state index in [0.29, 0.717) is 17.9 Å². The molecule has 0 atom stereocenters. The lowest BCUT2D eigenvalue weighted by molar-refractivity contribution is 0.0766. The van der Waals surface area contributed by atoms with Crippen molar-refractivity contribution in [2.45, 2.75) is 13.0 Å². The van der Waals surface area contributed by atoms with Gasteiger partial charge in [-0.2, -0.15) is 0 Å². The van der Waals surface area contributed by atoms with E-state index >= 15 is 0 Å². The molecule has 0 aliphatic carbocycles. The molecule has 0 bridgehead atoms. The van der Waals surface area contributed by atoms with Crippen LogP contribution in [0.2, 0.25) is 0 Å². The van der Waals surface area contributed by atoms with Crippen LogP contribution in [-0.2, 0) is 6.54 Å². The second-order valence-corrected chi connectivity index (χ2v) is 5.47. The number of anilines is 1. The molecule has 0 spiro atoms. The van der Waals surface area contributed by atoms with E-state index in [-0.39, 0.29) is 5.91 Å². The molecule has 116 valence electrons. The average Bonchev–Trinajstić information content (AvgIpc) is 2.92. The predicted octanol–water partition coefficient (Wildman–Crippen LogP) is 2.09. The van der Waals surface area contributed by atoms with Gasteiger partial charge in [0, 0.05) is 31.9 Å². The maximum Gasteiger partial charge on any atom is 0.257 e. The Morgan fingerprint density at radius 3 is 2.68 bits per heavy atom. The summed E-state index contributed by atoms with van der Waals surface area (Å²) >= 11 is 0. The van der Waals surface area contributed by atoms with Crippen LogP contribution in [0.3, 0.4) is 0 Å². The number of furan rings is 1. The standard InChI is InChI=1S/C17H21N3O2/c18-12-16-11-14(13-22-16)17(21)20-8-4-7-19(9-10-20)15-5-2-1-3-6-15/h1-3,5-6,11,13H,4,7-10,12,18H2. The van der Waals surface area contributed by atoms with Crippen molar-refractivity contribution in [2.75, 3.05) is 31.1 Å². The lowest BCUT2D eigenvalue weighted by Gasteiger charge is -2.23. The minimum Gasteiger partial charge on any atom is -0.467 e. The van der Waals surface area contributed by atoms with Crippen LogP contribution in [-0.4, -0.2) is 37.0 Å². The van der Waals surface area contributed by atoms with Gasteiger partial charge in [0.1, 0.15) is 12.0 Å². The van der Waals surface area contributed by atoms with Gasteiger partial charge in [-0.15, -0.1) is 0 Å². The molecule has 22 heavy (non-hydrogen) atoms. The highest BCUT2D eigenvalue weighted by atomic mass is 16.3. The van der Waals surface area contributed by atoms with Gasteiger partial charge in [-0.25, -0.2) is 0 Å². The average molecular weight is 299 g/mol. The molecule has 0 saturated carbocycles. The largest absolute Gasteiger partial charge is 0.467 e. The lowest BCUT2D eigenvalue weighted by Crippen LogP contribution is -2.35. The summed E-state index contributed by atoms with van der Waals surface area (Å²) in [5, 5.41) is 0. The SMILES string of the molecule is NCc1cc(C(=O)N2CCCN(c3ccccc3)CC2)co1. The third kappa shape index (κ3) is 3.14. The topological polar surface area (TPSA) is 62.7 Å². The van der Waals surface area contributed by atoms with E-state index < -0.39 is 0 Å². The Labute approximate surface area is 130 Å². The van der Waals surface area contributed by atoms with Gasteiger partial charge in [0.15, 0.2) is 0 Å². The van der Waals surface area contributed by atoms with E-state index in [1.807, 2.05) is 23.1 Å². The van der Waals surface area contributed by atoms with Crippen LogP contribution >= 0.6 is 0 Å². The Kier molecular flexibility index (Phi) is 4.44. The fourth-order valence-corrected chi connectivity index (χ4v) is 2.80. The van der Waals surface area contributed by atoms with Crippen LogP contribution in [0.25, 0.3) is 0 Å². The minimum absolute atomic E-state index is 0.0263. The number of para-hydroxylation sites is 1. The zero-order valence-corrected chi connectivity index (χ0v) is 12.6. The first-order valence-corrected chi connectivity index (χ1v) is 7.64. The predicted molar refractivity (Wildman–Crippen MR) is 85.8 cm³/mol. The Bertz CT molecular complexity index is 624. The van der Waals surface area contributed by atoms with Gasteiger partial charge in [0.05, 0.1) is 12.1 Å². The molecule has 5 nitrogen and oxygen atoms in total. The summed E-state index contributed by atoms with van der Waals surface area (Å²) in [6, 6.07) is 12.1. The van der Waals surface area contributed by atoms with Gasteiger partial charge < -0.3 is 20.0 Å². The molecule has 2 aromatic rings. The van der Waals surface area contributed by atoms with E-state index in [4.69, 9.17) is 10.2 Å². The number of amides is 1. The highest BCUT2D eigenvalue weighted by Gasteiger charge is 2.21. The molecule has 1 aromatic carbocycles. The van der Waals surface area contributed by atoms with Gasteiger partial charge in [-0.3, -0.25) is 4.79 Å². The van der Waals surface area contributed by atoms with Crippen molar-refractivity contribution in [3.8, 4) is 0 Å². The van der Waals surface area contributed by atoms with E-state index in [1.54, 1.807) is 6.07 Å². The number of hydrogen-bond donors (Lipinski definition) is 1. The summed E-state index contributed by atoms with van der Waals surface area (Å²) in [5.74, 6) is 0.669. The molecular weight excluding hydrogens is 278 g/mol. The van der Waals surface area contributed by atoms with Crippen molar-refractivity contribution in [1.29, 1.82) is 0 Å². The first-order chi connectivity index (χ1) is 10.8. The number of carbonyl (C=O) groups is 1. The van der Waals surface area contributed by atoms with Gasteiger partial charge in [-0.05, 0) is 24.6 Å². The Balaban J connectivity index is 1.66. The van der Waals surface area contributed by atoms with Crippen LogP contribution in [0.4, 0.5) is 5.69 Å². The second kappa shape index (κ2) is 6.66. The van der Waals surface area contributed by atoms with Crippen LogP contribution in [0.15, 0.2) is 47.1 Å². The Hall–Kier alpha value is -2.27. The number of hydrogen-bond acceptors (Lipinski definition) is 4. The fraction of sp³-hybridized carbons (Fsp3) is 0.353. The smallest absolute Gasteiger partial charge is 0.257 e. The highest BCUT2D eigenvalue weighted by molar-refractivity contribution is 5.94. The van der Waals surface area contributed by atoms with E-state index in [1.165, 1.54) is 12.0 Å². The third-order valence-electron chi connectivity index (χ3n) is 4.01. The third-order valence-corrected chi connectivity index (χ3v) is 4.01. The second-order valence-electron chi connectivity index (χ2n) is 5.47. The number of carbonyl (C=O) groups excluding carboxylic acids is 1. The summed E-state index contributed by atoms with van der Waals surface area (Å²) in [4.78, 5) is 16.8. The molecule has 1 saturated heterocycles. The molecule has 1 aliphatic heterocycles. The molecule has 2 N–H and O–H groups in total. The zero-order chi connectivity index (χ0) is 15.4. The molecule has 1 amide bonds. The quantitative estimate of drug-likeness (QED) is 0.942. The first-order valence-electron chi connectivity index (χ1n) is 7.64. The molecular formula is C17H21N3O2. The number of benzene rings is 1. The molecule has 3 rings (SSSR count). The maximum atomic E-state index is 12.5. The van der Waals surface area contributed by atoms with Crippen LogP contribution in [0, 0.1) is 0 Å². The minimum atomic E-state index is 0.0263. The van der Waals surface area contributed by atoms with Crippen LogP contribution < -0.4 is 10.6 Å². The molecule has 2 heterocycles. The monoisotopic (exact) mass is 299 g/mol. The van der Waals surface area contributed by atoms with Gasteiger partial charge in [0.25, 0.3) is 5.91 Å². The maximum absolute atomic E-state index is 12.5. The lowest BCUT2D eigenvalue weighted by atomic mass is 10.2. The summed E-state index contributed by atoms with van der Waals surface area (Å²) in [6.07, 6.45) is 2.46.